The van der Waals surface area contributed by atoms with Gasteiger partial charge in [-0.2, -0.15) is 24.0 Å². The Hall–Kier alpha value is -11.2. The molecule has 0 radical (unpaired) electrons. The smallest absolute Gasteiger partial charge is 0.491 e. The summed E-state index contributed by atoms with van der Waals surface area (Å²) in [5, 5.41) is 0. The zero-order chi connectivity index (χ0) is 69.4. The van der Waals surface area contributed by atoms with Crippen molar-refractivity contribution in [1.82, 2.24) is 0 Å². The lowest BCUT2D eigenvalue weighted by molar-refractivity contribution is -0.210. The van der Waals surface area contributed by atoms with Gasteiger partial charge in [-0.3, -0.25) is 0 Å². The minimum Gasteiger partial charge on any atom is -0.491 e. The molecule has 2 atom stereocenters. The average molecular weight is 1330 g/mol. The Morgan fingerprint density at radius 3 is 0.642 bits per heavy atom. The van der Waals surface area contributed by atoms with Gasteiger partial charge >= 0.3 is 60.6 Å². The van der Waals surface area contributed by atoms with Crippen molar-refractivity contribution in [2.75, 3.05) is 33.0 Å². The van der Waals surface area contributed by atoms with Crippen molar-refractivity contribution >= 4 is 60.6 Å². The normalized spacial score (nSPS) is 11.7. The molecule has 95 heavy (non-hydrogen) atoms. The van der Waals surface area contributed by atoms with E-state index >= 15 is 0 Å². The Balaban J connectivity index is 1.42. The lowest BCUT2D eigenvalue weighted by atomic mass is 9.79. The van der Waals surface area contributed by atoms with Gasteiger partial charge in [0, 0.05) is 17.8 Å². The summed E-state index contributed by atoms with van der Waals surface area (Å²) in [6.45, 7) is 13.7. The molecule has 0 heterocycles. The van der Waals surface area contributed by atoms with Gasteiger partial charge in [-0.05, 0) is 203 Å². The van der Waals surface area contributed by atoms with Crippen LogP contribution in [0, 0.1) is 17.8 Å². The quantitative estimate of drug-likeness (QED) is 0.0186. The molecule has 0 aliphatic heterocycles. The number of hydrogen-bond acceptors (Lipinski definition) is 30. The van der Waals surface area contributed by atoms with E-state index in [2.05, 4.69) is 34.2 Å². The molecule has 0 aliphatic carbocycles. The maximum atomic E-state index is 13.4. The molecule has 0 aliphatic rings. The Bertz CT molecular complexity index is 3110. The first-order valence-corrected chi connectivity index (χ1v) is 29.4. The predicted octanol–water partition coefficient (Wildman–Crippen LogP) is 12.2. The second kappa shape index (κ2) is 38.6. The van der Waals surface area contributed by atoms with Gasteiger partial charge < -0.3 is 47.4 Å². The maximum Gasteiger partial charge on any atom is 0.549 e. The first-order chi connectivity index (χ1) is 45.3. The number of carbonyl (C=O) groups is 10. The van der Waals surface area contributed by atoms with E-state index in [1.165, 1.54) is 121 Å². The Morgan fingerprint density at radius 2 is 0.442 bits per heavy atom. The Labute approximate surface area is 544 Å². The third kappa shape index (κ3) is 28.1. The lowest BCUT2D eigenvalue weighted by Gasteiger charge is -2.32. The first kappa shape index (κ1) is 74.5. The second-order valence-corrected chi connectivity index (χ2v) is 21.4. The molecule has 5 rings (SSSR count). The van der Waals surface area contributed by atoms with Crippen LogP contribution < -0.4 is 23.7 Å². The van der Waals surface area contributed by atoms with Gasteiger partial charge in [-0.15, -0.1) is 0 Å². The molecule has 0 saturated carbocycles. The van der Waals surface area contributed by atoms with Gasteiger partial charge in [0.1, 0.15) is 28.7 Å². The molecule has 512 valence electrons. The van der Waals surface area contributed by atoms with Crippen LogP contribution in [-0.2, 0) is 72.6 Å². The number of carbonyl (C=O) groups excluding carboxylic acids is 10. The second-order valence-electron chi connectivity index (χ2n) is 21.4. The standard InChI is InChI=1S/C65H72O30/c1-38(2)81-50-21-11-43(12-22-50)56(66)86-91-61(71)76-33-31-48(35-78-63(73)93-88-58(68)45-15-25-52(26-16-45)83-40(5)6)55(37-80-65(75)95-90-60(70)47-19-29-54(30-20-47)85-42(9)10)49(36-79-64(74)94-89-59(69)46-17-27-53(28-18-46)84-41(7)8)32-34-77-62(72)92-87-57(67)44-13-23-51(24-14-44)82-39(3)4/h11-30,38-42,48-49,55H,31-37H2,1-10H3. The topological polar surface area (TPSA) is 355 Å². The SMILES string of the molecule is CC(C)Oc1ccc(C(=O)OOC(=O)OCCC(COC(=O)OOC(=O)c2ccc(OC(C)C)cc2)C(COC(=O)OOC(=O)c2ccc(OC(C)C)cc2)C(CCOC(=O)OOC(=O)c2ccc(OC(C)C)cc2)COC(=O)OOC(=O)c2ccc(OC(C)C)cc2)cc1. The van der Waals surface area contributed by atoms with Gasteiger partial charge in [0.2, 0.25) is 0 Å². The number of benzene rings is 5. The summed E-state index contributed by atoms with van der Waals surface area (Å²) in [6, 6.07) is 27.8. The molecule has 0 N–H and O–H groups in total. The monoisotopic (exact) mass is 1330 g/mol. The highest BCUT2D eigenvalue weighted by molar-refractivity contribution is 5.91. The van der Waals surface area contributed by atoms with Crippen LogP contribution in [0.5, 0.6) is 28.7 Å². The zero-order valence-electron chi connectivity index (χ0n) is 53.4. The molecule has 0 bridgehead atoms. The van der Waals surface area contributed by atoms with E-state index in [-0.39, 0.29) is 58.3 Å². The molecule has 0 aromatic heterocycles. The van der Waals surface area contributed by atoms with E-state index in [9.17, 15) is 47.9 Å². The Kier molecular flexibility index (Phi) is 30.3. The Morgan fingerprint density at radius 1 is 0.253 bits per heavy atom. The summed E-state index contributed by atoms with van der Waals surface area (Å²) in [5.74, 6) is -7.86. The van der Waals surface area contributed by atoms with Crippen LogP contribution >= 0.6 is 0 Å². The fraction of sp³-hybridized carbons (Fsp3) is 0.385. The average Bonchev–Trinajstić information content (AvgIpc) is 1.31. The van der Waals surface area contributed by atoms with Crippen molar-refractivity contribution in [3.8, 4) is 28.7 Å². The maximum absolute atomic E-state index is 13.4. The van der Waals surface area contributed by atoms with Crippen LogP contribution in [0.25, 0.3) is 0 Å². The molecule has 0 amide bonds. The number of ether oxygens (including phenoxy) is 10. The van der Waals surface area contributed by atoms with Crippen LogP contribution in [0.2, 0.25) is 0 Å². The third-order valence-electron chi connectivity index (χ3n) is 12.1. The predicted molar refractivity (Wildman–Crippen MR) is 320 cm³/mol. The summed E-state index contributed by atoms with van der Waals surface area (Å²) in [6.07, 6.45) is -10.1. The van der Waals surface area contributed by atoms with Crippen LogP contribution in [0.1, 0.15) is 134 Å². The molecule has 30 heteroatoms. The highest BCUT2D eigenvalue weighted by Gasteiger charge is 2.35. The van der Waals surface area contributed by atoms with Crippen molar-refractivity contribution in [2.45, 2.75) is 113 Å². The van der Waals surface area contributed by atoms with E-state index in [1.54, 1.807) is 69.2 Å². The summed E-state index contributed by atoms with van der Waals surface area (Å²) in [4.78, 5) is 177. The lowest BCUT2D eigenvalue weighted by Crippen LogP contribution is -2.37. The van der Waals surface area contributed by atoms with E-state index in [1.807, 2.05) is 0 Å². The fourth-order valence-electron chi connectivity index (χ4n) is 8.03. The van der Waals surface area contributed by atoms with Crippen LogP contribution in [0.15, 0.2) is 121 Å². The molecule has 30 nitrogen and oxygen atoms in total. The van der Waals surface area contributed by atoms with Gasteiger partial charge in [0.05, 0.1) is 91.4 Å². The summed E-state index contributed by atoms with van der Waals surface area (Å²) < 4.78 is 54.4. The molecular formula is C65H72O30. The third-order valence-corrected chi connectivity index (χ3v) is 12.1. The van der Waals surface area contributed by atoms with Gasteiger partial charge in [-0.25, -0.2) is 72.8 Å². The van der Waals surface area contributed by atoms with Gasteiger partial charge in [-0.1, -0.05) is 0 Å². The minimum atomic E-state index is -1.68. The number of hydrogen-bond donors (Lipinski definition) is 0. The summed E-state index contributed by atoms with van der Waals surface area (Å²) in [5.41, 5.74) is -0.400. The van der Waals surface area contributed by atoms with E-state index in [0.29, 0.717) is 28.7 Å². The summed E-state index contributed by atoms with van der Waals surface area (Å²) >= 11 is 0. The molecule has 0 fully saturated rings. The van der Waals surface area contributed by atoms with Crippen LogP contribution in [0.3, 0.4) is 0 Å². The highest BCUT2D eigenvalue weighted by atomic mass is 17.3. The van der Waals surface area contributed by atoms with Gasteiger partial charge in [0.15, 0.2) is 0 Å². The van der Waals surface area contributed by atoms with Crippen LogP contribution in [0.4, 0.5) is 24.0 Å². The van der Waals surface area contributed by atoms with E-state index < -0.39 is 124 Å². The molecular weight excluding hydrogens is 1260 g/mol. The van der Waals surface area contributed by atoms with Crippen molar-refractivity contribution in [3.63, 3.8) is 0 Å². The fourth-order valence-corrected chi connectivity index (χ4v) is 8.03. The molecule has 0 saturated heterocycles. The molecule has 5 aromatic rings. The zero-order valence-corrected chi connectivity index (χ0v) is 53.4. The molecule has 2 unspecified atom stereocenters. The summed E-state index contributed by atoms with van der Waals surface area (Å²) in [7, 11) is 0. The van der Waals surface area contributed by atoms with E-state index in [4.69, 9.17) is 62.0 Å². The van der Waals surface area contributed by atoms with Gasteiger partial charge in [0.25, 0.3) is 0 Å². The minimum absolute atomic E-state index is 0.0607. The van der Waals surface area contributed by atoms with Crippen molar-refractivity contribution in [1.29, 1.82) is 0 Å². The van der Waals surface area contributed by atoms with Crippen molar-refractivity contribution in [2.24, 2.45) is 17.8 Å². The van der Waals surface area contributed by atoms with Crippen LogP contribution in [-0.4, -0.2) is 124 Å². The molecule has 0 spiro atoms. The molecule has 5 aromatic carbocycles. The van der Waals surface area contributed by atoms with Crippen molar-refractivity contribution in [3.05, 3.63) is 149 Å². The number of rotatable bonds is 29. The van der Waals surface area contributed by atoms with Crippen molar-refractivity contribution < 1.29 is 144 Å². The largest absolute Gasteiger partial charge is 0.549 e. The highest BCUT2D eigenvalue weighted by Crippen LogP contribution is 2.31. The van der Waals surface area contributed by atoms with E-state index in [0.717, 1.165) is 0 Å². The first-order valence-electron chi connectivity index (χ1n) is 29.4.